The summed E-state index contributed by atoms with van der Waals surface area (Å²) in [4.78, 5) is 32.9. The smallest absolute Gasteiger partial charge is 0.408 e. The van der Waals surface area contributed by atoms with E-state index in [1.807, 2.05) is 0 Å². The standard InChI is InChI=1S/C10H18N2O4S/c1-10(2,3)16-9(15)11-4-8(14)12-7(5-13)6-17/h5,7,17H,4,6H2,1-3H3,(H,11,15)(H,12,14). The lowest BCUT2D eigenvalue weighted by atomic mass is 10.2. The number of nitrogens with one attached hydrogen (secondary N) is 2. The van der Waals surface area contributed by atoms with Gasteiger partial charge in [0, 0.05) is 5.75 Å². The fourth-order valence-corrected chi connectivity index (χ4v) is 1.02. The van der Waals surface area contributed by atoms with Crippen LogP contribution in [0.25, 0.3) is 0 Å². The maximum Gasteiger partial charge on any atom is 0.408 e. The maximum atomic E-state index is 11.3. The molecule has 1 unspecified atom stereocenters. The fourth-order valence-electron chi connectivity index (χ4n) is 0.847. The predicted molar refractivity (Wildman–Crippen MR) is 66.1 cm³/mol. The average molecular weight is 262 g/mol. The highest BCUT2D eigenvalue weighted by Crippen LogP contribution is 2.05. The molecule has 0 aliphatic heterocycles. The minimum Gasteiger partial charge on any atom is -0.444 e. The zero-order valence-corrected chi connectivity index (χ0v) is 11.0. The number of alkyl carbamates (subject to hydrolysis) is 1. The van der Waals surface area contributed by atoms with Crippen LogP contribution >= 0.6 is 12.6 Å². The molecule has 98 valence electrons. The summed E-state index contributed by atoms with van der Waals surface area (Å²) in [6.07, 6.45) is -0.0977. The molecule has 0 aromatic heterocycles. The van der Waals surface area contributed by atoms with Crippen molar-refractivity contribution in [3.8, 4) is 0 Å². The van der Waals surface area contributed by atoms with Gasteiger partial charge in [-0.15, -0.1) is 0 Å². The van der Waals surface area contributed by atoms with Crippen molar-refractivity contribution in [2.45, 2.75) is 32.4 Å². The highest BCUT2D eigenvalue weighted by Gasteiger charge is 2.17. The van der Waals surface area contributed by atoms with Crippen LogP contribution in [-0.2, 0) is 14.3 Å². The van der Waals surface area contributed by atoms with Crippen LogP contribution in [-0.4, -0.2) is 42.2 Å². The molecule has 0 aliphatic carbocycles. The van der Waals surface area contributed by atoms with Crippen LogP contribution in [0.2, 0.25) is 0 Å². The van der Waals surface area contributed by atoms with Gasteiger partial charge in [-0.25, -0.2) is 4.79 Å². The second kappa shape index (κ2) is 7.16. The van der Waals surface area contributed by atoms with E-state index in [0.29, 0.717) is 6.29 Å². The molecule has 0 heterocycles. The van der Waals surface area contributed by atoms with E-state index in [-0.39, 0.29) is 12.3 Å². The maximum absolute atomic E-state index is 11.3. The molecule has 1 atom stereocenters. The normalized spacial score (nSPS) is 12.5. The number of aldehydes is 1. The van der Waals surface area contributed by atoms with Gasteiger partial charge in [0.2, 0.25) is 5.91 Å². The Labute approximate surface area is 106 Å². The third kappa shape index (κ3) is 8.56. The average Bonchev–Trinajstić information content (AvgIpc) is 2.20. The third-order valence-electron chi connectivity index (χ3n) is 1.50. The van der Waals surface area contributed by atoms with Crippen LogP contribution < -0.4 is 10.6 Å². The number of thiol groups is 1. The van der Waals surface area contributed by atoms with E-state index in [1.54, 1.807) is 20.8 Å². The van der Waals surface area contributed by atoms with Crippen molar-refractivity contribution < 1.29 is 19.1 Å². The molecule has 7 heteroatoms. The van der Waals surface area contributed by atoms with E-state index in [2.05, 4.69) is 23.3 Å². The summed E-state index contributed by atoms with van der Waals surface area (Å²) in [5.74, 6) is -0.260. The van der Waals surface area contributed by atoms with Gasteiger partial charge >= 0.3 is 6.09 Å². The number of amides is 2. The summed E-state index contributed by atoms with van der Waals surface area (Å²) < 4.78 is 4.93. The number of carbonyl (C=O) groups is 3. The van der Waals surface area contributed by atoms with Crippen LogP contribution in [0.1, 0.15) is 20.8 Å². The summed E-state index contributed by atoms with van der Waals surface area (Å²) in [5.41, 5.74) is -0.614. The Morgan fingerprint density at radius 3 is 2.41 bits per heavy atom. The lowest BCUT2D eigenvalue weighted by molar-refractivity contribution is -0.122. The van der Waals surface area contributed by atoms with Gasteiger partial charge in [-0.3, -0.25) is 4.79 Å². The summed E-state index contributed by atoms with van der Waals surface area (Å²) in [7, 11) is 0. The van der Waals surface area contributed by atoms with E-state index in [4.69, 9.17) is 4.74 Å². The minimum atomic E-state index is -0.679. The number of rotatable bonds is 5. The third-order valence-corrected chi connectivity index (χ3v) is 1.89. The number of hydrogen-bond donors (Lipinski definition) is 3. The van der Waals surface area contributed by atoms with Crippen molar-refractivity contribution in [1.29, 1.82) is 0 Å². The zero-order chi connectivity index (χ0) is 13.5. The van der Waals surface area contributed by atoms with E-state index in [1.165, 1.54) is 0 Å². The second-order valence-electron chi connectivity index (χ2n) is 4.35. The van der Waals surface area contributed by atoms with Crippen molar-refractivity contribution in [3.63, 3.8) is 0 Å². The molecular weight excluding hydrogens is 244 g/mol. The molecule has 2 N–H and O–H groups in total. The largest absolute Gasteiger partial charge is 0.444 e. The highest BCUT2D eigenvalue weighted by atomic mass is 32.1. The van der Waals surface area contributed by atoms with Crippen molar-refractivity contribution in [2.75, 3.05) is 12.3 Å². The Hall–Kier alpha value is -1.24. The molecule has 2 amide bonds. The first-order valence-corrected chi connectivity index (χ1v) is 5.74. The lowest BCUT2D eigenvalue weighted by Crippen LogP contribution is -2.44. The number of ether oxygens (including phenoxy) is 1. The Morgan fingerprint density at radius 1 is 1.41 bits per heavy atom. The minimum absolute atomic E-state index is 0.210. The second-order valence-corrected chi connectivity index (χ2v) is 4.71. The first-order chi connectivity index (χ1) is 7.78. The van der Waals surface area contributed by atoms with Crippen LogP contribution in [0.3, 0.4) is 0 Å². The predicted octanol–water partition coefficient (Wildman–Crippen LogP) is 0.125. The van der Waals surface area contributed by atoms with Gasteiger partial charge in [0.15, 0.2) is 0 Å². The van der Waals surface area contributed by atoms with Gasteiger partial charge in [-0.1, -0.05) is 0 Å². The molecule has 0 aliphatic rings. The van der Waals surface area contributed by atoms with Crippen molar-refractivity contribution in [1.82, 2.24) is 10.6 Å². The first-order valence-electron chi connectivity index (χ1n) is 5.11. The monoisotopic (exact) mass is 262 g/mol. The van der Waals surface area contributed by atoms with Gasteiger partial charge in [0.1, 0.15) is 18.4 Å². The molecule has 0 rings (SSSR count). The van der Waals surface area contributed by atoms with Gasteiger partial charge in [0.25, 0.3) is 0 Å². The lowest BCUT2D eigenvalue weighted by Gasteiger charge is -2.19. The van der Waals surface area contributed by atoms with Crippen LogP contribution in [0.15, 0.2) is 0 Å². The molecular formula is C10H18N2O4S. The van der Waals surface area contributed by atoms with Crippen LogP contribution in [0.5, 0.6) is 0 Å². The first kappa shape index (κ1) is 15.8. The Bertz CT molecular complexity index is 289. The molecule has 0 spiro atoms. The fraction of sp³-hybridized carbons (Fsp3) is 0.700. The Morgan fingerprint density at radius 2 is 2.00 bits per heavy atom. The van der Waals surface area contributed by atoms with Crippen molar-refractivity contribution >= 4 is 30.9 Å². The molecule has 6 nitrogen and oxygen atoms in total. The highest BCUT2D eigenvalue weighted by molar-refractivity contribution is 7.80. The summed E-state index contributed by atoms with van der Waals surface area (Å²) in [5, 5.41) is 4.66. The molecule has 0 aromatic rings. The van der Waals surface area contributed by atoms with E-state index in [0.717, 1.165) is 0 Å². The molecule has 0 fully saturated rings. The van der Waals surface area contributed by atoms with Gasteiger partial charge in [0.05, 0.1) is 6.04 Å². The SMILES string of the molecule is CC(C)(C)OC(=O)NCC(=O)NC(C=O)CS. The van der Waals surface area contributed by atoms with Crippen molar-refractivity contribution in [3.05, 3.63) is 0 Å². The van der Waals surface area contributed by atoms with Gasteiger partial charge in [-0.05, 0) is 20.8 Å². The summed E-state index contributed by atoms with van der Waals surface area (Å²) in [6.45, 7) is 4.91. The van der Waals surface area contributed by atoms with Crippen LogP contribution in [0, 0.1) is 0 Å². The van der Waals surface area contributed by atoms with E-state index >= 15 is 0 Å². The van der Waals surface area contributed by atoms with Crippen molar-refractivity contribution in [2.24, 2.45) is 0 Å². The molecule has 0 radical (unpaired) electrons. The van der Waals surface area contributed by atoms with Crippen LogP contribution in [0.4, 0.5) is 4.79 Å². The Kier molecular flexibility index (Phi) is 6.64. The summed E-state index contributed by atoms with van der Waals surface area (Å²) >= 11 is 3.88. The summed E-state index contributed by atoms with van der Waals surface area (Å²) in [6, 6.07) is -0.647. The van der Waals surface area contributed by atoms with Gasteiger partial charge in [-0.2, -0.15) is 12.6 Å². The topological polar surface area (TPSA) is 84.5 Å². The van der Waals surface area contributed by atoms with E-state index in [9.17, 15) is 14.4 Å². The molecule has 0 bridgehead atoms. The zero-order valence-electron chi connectivity index (χ0n) is 10.1. The quantitative estimate of drug-likeness (QED) is 0.485. The molecule has 17 heavy (non-hydrogen) atoms. The Balaban J connectivity index is 3.92. The molecule has 0 saturated heterocycles. The van der Waals surface area contributed by atoms with Gasteiger partial charge < -0.3 is 20.2 Å². The number of hydrogen-bond acceptors (Lipinski definition) is 5. The van der Waals surface area contributed by atoms with E-state index < -0.39 is 23.6 Å². The number of carbonyl (C=O) groups excluding carboxylic acids is 3. The molecule has 0 saturated carbocycles. The molecule has 0 aromatic carbocycles.